The van der Waals surface area contributed by atoms with Gasteiger partial charge in [0.15, 0.2) is 5.69 Å². The Bertz CT molecular complexity index is 1310. The lowest BCUT2D eigenvalue weighted by Gasteiger charge is -2.43. The molecule has 226 valence electrons. The molecule has 3 heterocycles. The van der Waals surface area contributed by atoms with E-state index in [-0.39, 0.29) is 17.4 Å². The number of carbonyl (C=O) groups excluding carboxylic acids is 1. The third-order valence-corrected chi connectivity index (χ3v) is 10.0. The second-order valence-electron chi connectivity index (χ2n) is 12.4. The molecule has 0 unspecified atom stereocenters. The highest BCUT2D eigenvalue weighted by atomic mass is 32.2. The van der Waals surface area contributed by atoms with Crippen molar-refractivity contribution in [3.63, 3.8) is 0 Å². The number of hydrogen-bond donors (Lipinski definition) is 1. The highest BCUT2D eigenvalue weighted by Crippen LogP contribution is 2.30. The minimum absolute atomic E-state index is 0.0604. The van der Waals surface area contributed by atoms with Gasteiger partial charge in [0.25, 0.3) is 11.8 Å². The molecule has 2 aliphatic heterocycles. The first-order valence-corrected chi connectivity index (χ1v) is 16.3. The van der Waals surface area contributed by atoms with Crippen LogP contribution < -0.4 is 10.1 Å². The van der Waals surface area contributed by atoms with Crippen molar-refractivity contribution in [3.05, 3.63) is 46.6 Å². The molecule has 2 aliphatic rings. The topological polar surface area (TPSA) is 108 Å². The molecule has 11 heteroatoms. The average Bonchev–Trinajstić information content (AvgIpc) is 2.95. The zero-order valence-electron chi connectivity index (χ0n) is 25.6. The summed E-state index contributed by atoms with van der Waals surface area (Å²) in [5, 5.41) is 11.9. The van der Waals surface area contributed by atoms with Crippen LogP contribution in [0.25, 0.3) is 0 Å². The molecule has 41 heavy (non-hydrogen) atoms. The Morgan fingerprint density at radius 3 is 2.20 bits per heavy atom. The molecule has 2 fully saturated rings. The summed E-state index contributed by atoms with van der Waals surface area (Å²) >= 11 is 0. The first-order chi connectivity index (χ1) is 19.3. The van der Waals surface area contributed by atoms with Crippen molar-refractivity contribution in [1.82, 2.24) is 24.3 Å². The lowest BCUT2D eigenvalue weighted by molar-refractivity contribution is 0.0541. The normalized spacial score (nSPS) is 18.1. The summed E-state index contributed by atoms with van der Waals surface area (Å²) in [5.74, 6) is 0.260. The van der Waals surface area contributed by atoms with E-state index in [4.69, 9.17) is 4.74 Å². The fourth-order valence-corrected chi connectivity index (χ4v) is 6.59. The number of rotatable bonds is 8. The number of piperidine rings is 2. The molecule has 1 aromatic carbocycles. The largest absolute Gasteiger partial charge is 0.478 e. The average molecular weight is 587 g/mol. The molecular weight excluding hydrogens is 540 g/mol. The van der Waals surface area contributed by atoms with Crippen LogP contribution in [0.4, 0.5) is 5.69 Å². The summed E-state index contributed by atoms with van der Waals surface area (Å²) in [6, 6.07) is 9.00. The van der Waals surface area contributed by atoms with Gasteiger partial charge in [0.2, 0.25) is 10.0 Å². The smallest absolute Gasteiger partial charge is 0.274 e. The Hall–Kier alpha value is -2.76. The molecule has 1 amide bonds. The fraction of sp³-hybridized carbons (Fsp3) is 0.633. The molecule has 0 radical (unpaired) electrons. The van der Waals surface area contributed by atoms with Crippen molar-refractivity contribution in [2.24, 2.45) is 0 Å². The summed E-state index contributed by atoms with van der Waals surface area (Å²) in [5.41, 5.74) is 4.26. The number of likely N-dealkylation sites (tertiary alicyclic amines) is 2. The maximum absolute atomic E-state index is 13.6. The maximum atomic E-state index is 13.6. The number of carbonyl (C=O) groups is 1. The van der Waals surface area contributed by atoms with E-state index in [1.54, 1.807) is 14.2 Å². The number of methoxy groups -OCH3 is 1. The molecule has 0 spiro atoms. The van der Waals surface area contributed by atoms with Crippen molar-refractivity contribution in [2.75, 3.05) is 51.9 Å². The highest BCUT2D eigenvalue weighted by molar-refractivity contribution is 7.88. The number of ether oxygens (including phenoxy) is 1. The molecule has 2 aromatic rings. The van der Waals surface area contributed by atoms with Gasteiger partial charge in [-0.05, 0) is 62.2 Å². The summed E-state index contributed by atoms with van der Waals surface area (Å²) in [6.45, 7) is 12.1. The van der Waals surface area contributed by atoms with E-state index in [2.05, 4.69) is 65.5 Å². The van der Waals surface area contributed by atoms with Crippen molar-refractivity contribution >= 4 is 21.6 Å². The van der Waals surface area contributed by atoms with Crippen LogP contribution in [0, 0.1) is 6.92 Å². The lowest BCUT2D eigenvalue weighted by Crippen LogP contribution is -2.52. The molecule has 1 aromatic heterocycles. The zero-order chi connectivity index (χ0) is 29.9. The third-order valence-electron chi connectivity index (χ3n) is 8.67. The van der Waals surface area contributed by atoms with Crippen molar-refractivity contribution < 1.29 is 17.9 Å². The molecule has 0 saturated carbocycles. The number of anilines is 1. The molecule has 2 saturated heterocycles. The predicted octanol–water partition coefficient (Wildman–Crippen LogP) is 3.66. The van der Waals surface area contributed by atoms with Crippen LogP contribution in [0.2, 0.25) is 0 Å². The van der Waals surface area contributed by atoms with E-state index in [0.29, 0.717) is 42.9 Å². The fourth-order valence-electron chi connectivity index (χ4n) is 5.84. The summed E-state index contributed by atoms with van der Waals surface area (Å²) in [4.78, 5) is 17.9. The molecular formula is C30H46N6O4S. The van der Waals surface area contributed by atoms with E-state index in [9.17, 15) is 13.2 Å². The van der Waals surface area contributed by atoms with Gasteiger partial charge in [0.05, 0.1) is 13.4 Å². The highest BCUT2D eigenvalue weighted by Gasteiger charge is 2.33. The molecule has 4 rings (SSSR count). The summed E-state index contributed by atoms with van der Waals surface area (Å²) < 4.78 is 30.8. The molecule has 0 atom stereocenters. The van der Waals surface area contributed by atoms with Crippen molar-refractivity contribution in [3.8, 4) is 5.88 Å². The Kier molecular flexibility index (Phi) is 9.60. The molecule has 0 aliphatic carbocycles. The van der Waals surface area contributed by atoms with Gasteiger partial charge in [-0.1, -0.05) is 45.0 Å². The summed E-state index contributed by atoms with van der Waals surface area (Å²) in [6.07, 6.45) is 4.71. The number of hydrogen-bond acceptors (Lipinski definition) is 8. The van der Waals surface area contributed by atoms with E-state index in [1.807, 2.05) is 11.8 Å². The lowest BCUT2D eigenvalue weighted by atomic mass is 9.87. The second-order valence-corrected chi connectivity index (χ2v) is 14.5. The van der Waals surface area contributed by atoms with Crippen molar-refractivity contribution in [1.29, 1.82) is 0 Å². The van der Waals surface area contributed by atoms with E-state index in [1.165, 1.54) is 16.1 Å². The summed E-state index contributed by atoms with van der Waals surface area (Å²) in [7, 11) is 0.0557. The first kappa shape index (κ1) is 31.2. The standard InChI is InChI=1S/C30H46N6O4S/c1-21-26(31-20-22-8-10-23(11-9-22)30(2,3)4)28(40-6)33-32-27(21)29(37)36-18-14-25(15-19-36)35-16-12-24(13-17-35)34(5)41(7,38)39/h8-11,24-25H,12-20H2,1-7H3,(H,31,32). The van der Waals surface area contributed by atoms with Crippen LogP contribution >= 0.6 is 0 Å². The third kappa shape index (κ3) is 7.37. The molecule has 10 nitrogen and oxygen atoms in total. The van der Waals surface area contributed by atoms with Gasteiger partial charge in [-0.3, -0.25) is 4.79 Å². The molecule has 0 bridgehead atoms. The number of amides is 1. The van der Waals surface area contributed by atoms with Crippen LogP contribution in [-0.2, 0) is 22.0 Å². The molecule has 1 N–H and O–H groups in total. The Morgan fingerprint density at radius 2 is 1.66 bits per heavy atom. The van der Waals surface area contributed by atoms with Crippen LogP contribution in [0.5, 0.6) is 5.88 Å². The van der Waals surface area contributed by atoms with Gasteiger partial charge in [-0.25, -0.2) is 12.7 Å². The van der Waals surface area contributed by atoms with Gasteiger partial charge >= 0.3 is 0 Å². The monoisotopic (exact) mass is 586 g/mol. The Labute approximate surface area is 245 Å². The van der Waals surface area contributed by atoms with Gasteiger partial charge in [-0.15, -0.1) is 10.2 Å². The number of nitrogens with one attached hydrogen (secondary N) is 1. The van der Waals surface area contributed by atoms with E-state index in [0.717, 1.165) is 49.9 Å². The second kappa shape index (κ2) is 12.6. The number of benzene rings is 1. The number of aromatic nitrogens is 2. The number of sulfonamides is 1. The van der Waals surface area contributed by atoms with Crippen molar-refractivity contribution in [2.45, 2.75) is 77.4 Å². The van der Waals surface area contributed by atoms with E-state index < -0.39 is 10.0 Å². The predicted molar refractivity (Wildman–Crippen MR) is 162 cm³/mol. The van der Waals surface area contributed by atoms with Crippen LogP contribution in [-0.4, -0.2) is 97.3 Å². The number of nitrogens with zero attached hydrogens (tertiary/aromatic N) is 5. The SMILES string of the molecule is COc1nnc(C(=O)N2CCC(N3CCC(N(C)S(C)(=O)=O)CC3)CC2)c(C)c1NCc1ccc(C(C)(C)C)cc1. The van der Waals surface area contributed by atoms with Gasteiger partial charge in [0, 0.05) is 44.3 Å². The van der Waals surface area contributed by atoms with Crippen LogP contribution in [0.1, 0.15) is 73.6 Å². The first-order valence-electron chi connectivity index (χ1n) is 14.5. The van der Waals surface area contributed by atoms with Gasteiger partial charge < -0.3 is 19.9 Å². The van der Waals surface area contributed by atoms with Gasteiger partial charge in [-0.2, -0.15) is 0 Å². The quantitative estimate of drug-likeness (QED) is 0.500. The Balaban J connectivity index is 1.36. The van der Waals surface area contributed by atoms with Crippen LogP contribution in [0.15, 0.2) is 24.3 Å². The minimum Gasteiger partial charge on any atom is -0.478 e. The zero-order valence-corrected chi connectivity index (χ0v) is 26.4. The van der Waals surface area contributed by atoms with Gasteiger partial charge in [0.1, 0.15) is 5.69 Å². The maximum Gasteiger partial charge on any atom is 0.274 e. The Morgan fingerprint density at radius 1 is 1.05 bits per heavy atom. The minimum atomic E-state index is -3.18. The van der Waals surface area contributed by atoms with E-state index >= 15 is 0 Å². The van der Waals surface area contributed by atoms with Crippen LogP contribution in [0.3, 0.4) is 0 Å².